The van der Waals surface area contributed by atoms with Crippen LogP contribution in [0.2, 0.25) is 0 Å². The van der Waals surface area contributed by atoms with E-state index < -0.39 is 0 Å². The number of ketones is 1. The van der Waals surface area contributed by atoms with Gasteiger partial charge in [-0.2, -0.15) is 0 Å². The number of carbonyl (C=O) groups is 2. The molecule has 0 fully saturated rings. The fraction of sp³-hybridized carbons (Fsp3) is 0.200. The SMILES string of the molecule is Cc1ccc(C(=O)CC(NC(=O)c2ccc(C)cc2)c2ccc(C)cc2)cc1. The first-order chi connectivity index (χ1) is 13.4. The number of hydrogen-bond acceptors (Lipinski definition) is 2. The number of rotatable bonds is 6. The lowest BCUT2D eigenvalue weighted by Crippen LogP contribution is -2.30. The van der Waals surface area contributed by atoms with Crippen molar-refractivity contribution in [2.45, 2.75) is 33.2 Å². The molecule has 3 rings (SSSR count). The molecular formula is C25H25NO2. The van der Waals surface area contributed by atoms with Gasteiger partial charge in [-0.1, -0.05) is 77.4 Å². The summed E-state index contributed by atoms with van der Waals surface area (Å²) in [6.45, 7) is 5.99. The Morgan fingerprint density at radius 3 is 1.61 bits per heavy atom. The minimum atomic E-state index is -0.386. The Morgan fingerprint density at radius 2 is 1.11 bits per heavy atom. The van der Waals surface area contributed by atoms with Gasteiger partial charge in [0.25, 0.3) is 5.91 Å². The van der Waals surface area contributed by atoms with Crippen LogP contribution >= 0.6 is 0 Å². The molecule has 0 aliphatic carbocycles. The maximum atomic E-state index is 12.8. The van der Waals surface area contributed by atoms with E-state index in [0.29, 0.717) is 11.1 Å². The van der Waals surface area contributed by atoms with E-state index >= 15 is 0 Å². The summed E-state index contributed by atoms with van der Waals surface area (Å²) in [5, 5.41) is 3.04. The minimum Gasteiger partial charge on any atom is -0.345 e. The normalized spacial score (nSPS) is 11.7. The topological polar surface area (TPSA) is 46.2 Å². The highest BCUT2D eigenvalue weighted by Gasteiger charge is 2.20. The van der Waals surface area contributed by atoms with Gasteiger partial charge in [0, 0.05) is 17.5 Å². The van der Waals surface area contributed by atoms with Gasteiger partial charge in [0.15, 0.2) is 5.78 Å². The monoisotopic (exact) mass is 371 g/mol. The molecule has 3 heteroatoms. The molecular weight excluding hydrogens is 346 g/mol. The highest BCUT2D eigenvalue weighted by molar-refractivity contribution is 5.98. The first-order valence-electron chi connectivity index (χ1n) is 9.46. The summed E-state index contributed by atoms with van der Waals surface area (Å²) in [7, 11) is 0. The molecule has 28 heavy (non-hydrogen) atoms. The highest BCUT2D eigenvalue weighted by atomic mass is 16.2. The molecule has 3 nitrogen and oxygen atoms in total. The summed E-state index contributed by atoms with van der Waals surface area (Å²) in [5.74, 6) is -0.169. The van der Waals surface area contributed by atoms with E-state index in [1.54, 1.807) is 12.1 Å². The summed E-state index contributed by atoms with van der Waals surface area (Å²) in [4.78, 5) is 25.6. The zero-order chi connectivity index (χ0) is 20.1. The Balaban J connectivity index is 1.83. The van der Waals surface area contributed by atoms with Crippen molar-refractivity contribution in [3.8, 4) is 0 Å². The van der Waals surface area contributed by atoms with Crippen LogP contribution in [-0.4, -0.2) is 11.7 Å². The Kier molecular flexibility index (Phi) is 6.05. The molecule has 1 unspecified atom stereocenters. The van der Waals surface area contributed by atoms with Crippen molar-refractivity contribution < 1.29 is 9.59 Å². The van der Waals surface area contributed by atoms with Gasteiger partial charge in [-0.15, -0.1) is 0 Å². The van der Waals surface area contributed by atoms with Crippen molar-refractivity contribution in [3.63, 3.8) is 0 Å². The van der Waals surface area contributed by atoms with Crippen LogP contribution in [0.3, 0.4) is 0 Å². The van der Waals surface area contributed by atoms with E-state index in [9.17, 15) is 9.59 Å². The van der Waals surface area contributed by atoms with Gasteiger partial charge in [-0.05, 0) is 38.5 Å². The zero-order valence-corrected chi connectivity index (χ0v) is 16.5. The summed E-state index contributed by atoms with van der Waals surface area (Å²) in [5.41, 5.74) is 5.52. The number of aryl methyl sites for hydroxylation is 3. The molecule has 0 heterocycles. The van der Waals surface area contributed by atoms with Crippen LogP contribution in [0.4, 0.5) is 0 Å². The van der Waals surface area contributed by atoms with Gasteiger partial charge in [0.2, 0.25) is 0 Å². The van der Waals surface area contributed by atoms with Gasteiger partial charge in [0.05, 0.1) is 6.04 Å². The minimum absolute atomic E-state index is 0.00906. The molecule has 142 valence electrons. The van der Waals surface area contributed by atoms with E-state index in [1.807, 2.05) is 81.4 Å². The summed E-state index contributed by atoms with van der Waals surface area (Å²) >= 11 is 0. The summed E-state index contributed by atoms with van der Waals surface area (Å²) < 4.78 is 0. The fourth-order valence-electron chi connectivity index (χ4n) is 3.04. The van der Waals surface area contributed by atoms with Crippen LogP contribution in [0.1, 0.15) is 55.4 Å². The maximum absolute atomic E-state index is 12.8. The Labute approximate surface area is 166 Å². The van der Waals surface area contributed by atoms with Gasteiger partial charge in [0.1, 0.15) is 0 Å². The molecule has 0 aliphatic heterocycles. The van der Waals surface area contributed by atoms with E-state index in [-0.39, 0.29) is 24.2 Å². The number of nitrogens with one attached hydrogen (secondary N) is 1. The lowest BCUT2D eigenvalue weighted by Gasteiger charge is -2.19. The van der Waals surface area contributed by atoms with Gasteiger partial charge in [-0.25, -0.2) is 0 Å². The van der Waals surface area contributed by atoms with Gasteiger partial charge >= 0.3 is 0 Å². The average Bonchev–Trinajstić information content (AvgIpc) is 2.69. The largest absolute Gasteiger partial charge is 0.345 e. The van der Waals surface area contributed by atoms with Crippen LogP contribution in [0.5, 0.6) is 0 Å². The van der Waals surface area contributed by atoms with Crippen molar-refractivity contribution in [2.24, 2.45) is 0 Å². The number of hydrogen-bond donors (Lipinski definition) is 1. The molecule has 3 aromatic carbocycles. The Hall–Kier alpha value is -3.20. The molecule has 0 radical (unpaired) electrons. The molecule has 0 spiro atoms. The Bertz CT molecular complexity index is 895. The van der Waals surface area contributed by atoms with Gasteiger partial charge < -0.3 is 5.32 Å². The molecule has 3 aromatic rings. The van der Waals surface area contributed by atoms with E-state index in [0.717, 1.165) is 22.3 Å². The van der Waals surface area contributed by atoms with Crippen LogP contribution < -0.4 is 5.32 Å². The standard InChI is InChI=1S/C25H25NO2/c1-17-4-10-20(11-5-17)23(16-24(27)21-12-6-18(2)7-13-21)26-25(28)22-14-8-19(3)9-15-22/h4-15,23H,16H2,1-3H3,(H,26,28). The third kappa shape index (κ3) is 4.95. The highest BCUT2D eigenvalue weighted by Crippen LogP contribution is 2.21. The summed E-state index contributed by atoms with van der Waals surface area (Å²) in [6, 6.07) is 22.5. The lowest BCUT2D eigenvalue weighted by atomic mass is 9.96. The zero-order valence-electron chi connectivity index (χ0n) is 16.5. The van der Waals surface area contributed by atoms with Crippen molar-refractivity contribution in [1.29, 1.82) is 0 Å². The maximum Gasteiger partial charge on any atom is 0.251 e. The van der Waals surface area contributed by atoms with Crippen LogP contribution in [0.15, 0.2) is 72.8 Å². The molecule has 0 aromatic heterocycles. The Morgan fingerprint density at radius 1 is 0.679 bits per heavy atom. The molecule has 0 bridgehead atoms. The lowest BCUT2D eigenvalue weighted by molar-refractivity contribution is 0.0912. The first kappa shape index (κ1) is 19.6. The molecule has 0 saturated heterocycles. The van der Waals surface area contributed by atoms with Crippen LogP contribution in [0.25, 0.3) is 0 Å². The predicted molar refractivity (Wildman–Crippen MR) is 113 cm³/mol. The van der Waals surface area contributed by atoms with Crippen LogP contribution in [0, 0.1) is 20.8 Å². The number of carbonyl (C=O) groups excluding carboxylic acids is 2. The predicted octanol–water partition coefficient (Wildman–Crippen LogP) is 5.36. The van der Waals surface area contributed by atoms with Crippen molar-refractivity contribution in [1.82, 2.24) is 5.32 Å². The molecule has 0 aliphatic rings. The molecule has 1 atom stereocenters. The summed E-state index contributed by atoms with van der Waals surface area (Å²) in [6.07, 6.45) is 0.212. The van der Waals surface area contributed by atoms with Gasteiger partial charge in [-0.3, -0.25) is 9.59 Å². The second-order valence-electron chi connectivity index (χ2n) is 7.30. The molecule has 0 saturated carbocycles. The first-order valence-corrected chi connectivity index (χ1v) is 9.46. The van der Waals surface area contributed by atoms with E-state index in [1.165, 1.54) is 0 Å². The quantitative estimate of drug-likeness (QED) is 0.593. The van der Waals surface area contributed by atoms with E-state index in [2.05, 4.69) is 5.32 Å². The molecule has 1 amide bonds. The smallest absolute Gasteiger partial charge is 0.251 e. The number of Topliss-reactive ketones (excluding diaryl/α,β-unsaturated/α-hetero) is 1. The number of benzene rings is 3. The molecule has 1 N–H and O–H groups in total. The van der Waals surface area contributed by atoms with Crippen molar-refractivity contribution >= 4 is 11.7 Å². The third-order valence-corrected chi connectivity index (χ3v) is 4.86. The third-order valence-electron chi connectivity index (χ3n) is 4.86. The van der Waals surface area contributed by atoms with Crippen molar-refractivity contribution in [2.75, 3.05) is 0 Å². The number of amides is 1. The fourth-order valence-corrected chi connectivity index (χ4v) is 3.04. The van der Waals surface area contributed by atoms with E-state index in [4.69, 9.17) is 0 Å². The second kappa shape index (κ2) is 8.66. The average molecular weight is 371 g/mol. The second-order valence-corrected chi connectivity index (χ2v) is 7.30. The van der Waals surface area contributed by atoms with Crippen molar-refractivity contribution in [3.05, 3.63) is 106 Å². The van der Waals surface area contributed by atoms with Crippen LogP contribution in [-0.2, 0) is 0 Å².